The normalized spacial score (nSPS) is 22.5. The summed E-state index contributed by atoms with van der Waals surface area (Å²) in [6.45, 7) is 7.86. The Labute approximate surface area is 104 Å². The molecule has 4 heteroatoms. The van der Waals surface area contributed by atoms with Crippen LogP contribution in [-0.4, -0.2) is 31.2 Å². The van der Waals surface area contributed by atoms with Crippen molar-refractivity contribution < 1.29 is 9.53 Å². The Balaban J connectivity index is 2.15. The van der Waals surface area contributed by atoms with E-state index in [1.807, 2.05) is 0 Å². The molecule has 0 radical (unpaired) electrons. The summed E-state index contributed by atoms with van der Waals surface area (Å²) in [6, 6.07) is -0.0560. The quantitative estimate of drug-likeness (QED) is 0.766. The molecule has 0 aromatic carbocycles. The minimum Gasteiger partial charge on any atom is -0.376 e. The summed E-state index contributed by atoms with van der Waals surface area (Å²) in [7, 11) is 0. The third-order valence-corrected chi connectivity index (χ3v) is 2.87. The smallest absolute Gasteiger partial charge is 0.221 e. The van der Waals surface area contributed by atoms with Crippen molar-refractivity contribution in [3.8, 4) is 0 Å². The fraction of sp³-hybridized carbons (Fsp3) is 0.923. The molecule has 1 heterocycles. The van der Waals surface area contributed by atoms with Crippen molar-refractivity contribution in [1.82, 2.24) is 5.32 Å². The number of carbonyl (C=O) groups is 1. The van der Waals surface area contributed by atoms with Gasteiger partial charge in [0.25, 0.3) is 0 Å². The highest BCUT2D eigenvalue weighted by Gasteiger charge is 2.20. The number of ether oxygens (including phenoxy) is 1. The van der Waals surface area contributed by atoms with Crippen molar-refractivity contribution in [3.05, 3.63) is 0 Å². The van der Waals surface area contributed by atoms with E-state index in [1.165, 1.54) is 0 Å². The van der Waals surface area contributed by atoms with E-state index in [2.05, 4.69) is 26.1 Å². The summed E-state index contributed by atoms with van der Waals surface area (Å²) >= 11 is 0. The van der Waals surface area contributed by atoms with Crippen molar-refractivity contribution in [1.29, 1.82) is 0 Å². The summed E-state index contributed by atoms with van der Waals surface area (Å²) in [5.74, 6) is 0.0391. The lowest BCUT2D eigenvalue weighted by atomic mass is 9.87. The van der Waals surface area contributed by atoms with Crippen molar-refractivity contribution >= 4 is 5.91 Å². The third-order valence-electron chi connectivity index (χ3n) is 2.87. The molecule has 2 atom stereocenters. The van der Waals surface area contributed by atoms with Crippen molar-refractivity contribution in [2.75, 3.05) is 13.2 Å². The fourth-order valence-corrected chi connectivity index (χ4v) is 2.20. The van der Waals surface area contributed by atoms with E-state index in [0.717, 1.165) is 25.9 Å². The maximum absolute atomic E-state index is 11.6. The zero-order chi connectivity index (χ0) is 12.9. The predicted octanol–water partition coefficient (Wildman–Crippen LogP) is 1.44. The van der Waals surface area contributed by atoms with E-state index in [0.29, 0.717) is 13.0 Å². The van der Waals surface area contributed by atoms with Gasteiger partial charge in [-0.3, -0.25) is 4.79 Å². The van der Waals surface area contributed by atoms with Crippen LogP contribution in [-0.2, 0) is 9.53 Å². The maximum Gasteiger partial charge on any atom is 0.221 e. The SMILES string of the molecule is CC(C)(C)CC(N)CC(=O)NCC1CCCO1. The molecule has 0 aromatic heterocycles. The second-order valence-corrected chi connectivity index (χ2v) is 6.17. The number of nitrogens with one attached hydrogen (secondary N) is 1. The van der Waals surface area contributed by atoms with Crippen LogP contribution in [0.2, 0.25) is 0 Å². The average molecular weight is 242 g/mol. The van der Waals surface area contributed by atoms with Gasteiger partial charge >= 0.3 is 0 Å². The fourth-order valence-electron chi connectivity index (χ4n) is 2.20. The highest BCUT2D eigenvalue weighted by molar-refractivity contribution is 5.76. The van der Waals surface area contributed by atoms with Crippen molar-refractivity contribution in [3.63, 3.8) is 0 Å². The van der Waals surface area contributed by atoms with Gasteiger partial charge in [-0.2, -0.15) is 0 Å². The zero-order valence-electron chi connectivity index (χ0n) is 11.3. The van der Waals surface area contributed by atoms with Crippen LogP contribution >= 0.6 is 0 Å². The number of rotatable bonds is 5. The molecule has 1 fully saturated rings. The molecule has 100 valence electrons. The predicted molar refractivity (Wildman–Crippen MR) is 68.6 cm³/mol. The first-order chi connectivity index (χ1) is 7.87. The summed E-state index contributed by atoms with van der Waals surface area (Å²) in [5, 5.41) is 2.90. The summed E-state index contributed by atoms with van der Waals surface area (Å²) < 4.78 is 5.44. The Bertz CT molecular complexity index is 242. The molecular formula is C13H26N2O2. The van der Waals surface area contributed by atoms with Gasteiger partial charge in [-0.05, 0) is 24.7 Å². The molecule has 3 N–H and O–H groups in total. The Morgan fingerprint density at radius 1 is 1.53 bits per heavy atom. The van der Waals surface area contributed by atoms with Gasteiger partial charge in [0, 0.05) is 25.6 Å². The number of amides is 1. The standard InChI is InChI=1S/C13H26N2O2/c1-13(2,3)8-10(14)7-12(16)15-9-11-5-4-6-17-11/h10-11H,4-9,14H2,1-3H3,(H,15,16). The minimum absolute atomic E-state index is 0.0391. The first kappa shape index (κ1) is 14.5. The van der Waals surface area contributed by atoms with E-state index in [1.54, 1.807) is 0 Å². The number of carbonyl (C=O) groups excluding carboxylic acids is 1. The monoisotopic (exact) mass is 242 g/mol. The molecule has 1 aliphatic rings. The number of nitrogens with two attached hydrogens (primary N) is 1. The molecule has 1 saturated heterocycles. The Morgan fingerprint density at radius 2 is 2.24 bits per heavy atom. The summed E-state index contributed by atoms with van der Waals surface area (Å²) in [6.07, 6.45) is 3.63. The van der Waals surface area contributed by atoms with E-state index >= 15 is 0 Å². The lowest BCUT2D eigenvalue weighted by Crippen LogP contribution is -2.37. The van der Waals surface area contributed by atoms with Crippen LogP contribution in [0, 0.1) is 5.41 Å². The van der Waals surface area contributed by atoms with E-state index in [4.69, 9.17) is 10.5 Å². The number of hydrogen-bond acceptors (Lipinski definition) is 3. The van der Waals surface area contributed by atoms with E-state index < -0.39 is 0 Å². The molecule has 0 aliphatic carbocycles. The van der Waals surface area contributed by atoms with Crippen molar-refractivity contribution in [2.24, 2.45) is 11.1 Å². The summed E-state index contributed by atoms with van der Waals surface area (Å²) in [5.41, 5.74) is 6.13. The number of hydrogen-bond donors (Lipinski definition) is 2. The molecule has 2 unspecified atom stereocenters. The van der Waals surface area contributed by atoms with Crippen molar-refractivity contribution in [2.45, 2.75) is 58.6 Å². The van der Waals surface area contributed by atoms with Crippen LogP contribution in [0.1, 0.15) is 46.5 Å². The minimum atomic E-state index is -0.0560. The van der Waals surface area contributed by atoms with Crippen LogP contribution in [0.25, 0.3) is 0 Å². The van der Waals surface area contributed by atoms with Gasteiger partial charge in [0.2, 0.25) is 5.91 Å². The topological polar surface area (TPSA) is 64.4 Å². The van der Waals surface area contributed by atoms with Gasteiger partial charge < -0.3 is 15.8 Å². The Hall–Kier alpha value is -0.610. The van der Waals surface area contributed by atoms with Gasteiger partial charge in [-0.15, -0.1) is 0 Å². The van der Waals surface area contributed by atoms with Gasteiger partial charge in [0.05, 0.1) is 6.10 Å². The van der Waals surface area contributed by atoms with E-state index in [9.17, 15) is 4.79 Å². The Morgan fingerprint density at radius 3 is 2.76 bits per heavy atom. The lowest BCUT2D eigenvalue weighted by molar-refractivity contribution is -0.122. The van der Waals surface area contributed by atoms with Crippen LogP contribution in [0.3, 0.4) is 0 Å². The Kier molecular flexibility index (Phi) is 5.40. The largest absolute Gasteiger partial charge is 0.376 e. The van der Waals surface area contributed by atoms with Crippen LogP contribution in [0.4, 0.5) is 0 Å². The molecule has 1 rings (SSSR count). The third kappa shape index (κ3) is 6.64. The molecule has 17 heavy (non-hydrogen) atoms. The molecule has 0 saturated carbocycles. The molecule has 0 aromatic rings. The van der Waals surface area contributed by atoms with Crippen LogP contribution < -0.4 is 11.1 Å². The molecule has 1 aliphatic heterocycles. The molecular weight excluding hydrogens is 216 g/mol. The molecule has 0 bridgehead atoms. The average Bonchev–Trinajstić information content (AvgIpc) is 2.63. The van der Waals surface area contributed by atoms with Crippen LogP contribution in [0.15, 0.2) is 0 Å². The lowest BCUT2D eigenvalue weighted by Gasteiger charge is -2.22. The second kappa shape index (κ2) is 6.36. The molecule has 0 spiro atoms. The first-order valence-electron chi connectivity index (χ1n) is 6.51. The zero-order valence-corrected chi connectivity index (χ0v) is 11.3. The van der Waals surface area contributed by atoms with E-state index in [-0.39, 0.29) is 23.5 Å². The second-order valence-electron chi connectivity index (χ2n) is 6.17. The maximum atomic E-state index is 11.6. The van der Waals surface area contributed by atoms with Gasteiger partial charge in [0.15, 0.2) is 0 Å². The van der Waals surface area contributed by atoms with Gasteiger partial charge in [-0.25, -0.2) is 0 Å². The molecule has 4 nitrogen and oxygen atoms in total. The van der Waals surface area contributed by atoms with Crippen LogP contribution in [0.5, 0.6) is 0 Å². The highest BCUT2D eigenvalue weighted by atomic mass is 16.5. The molecule has 1 amide bonds. The summed E-state index contributed by atoms with van der Waals surface area (Å²) in [4.78, 5) is 11.6. The first-order valence-corrected chi connectivity index (χ1v) is 6.51. The highest BCUT2D eigenvalue weighted by Crippen LogP contribution is 2.21. The van der Waals surface area contributed by atoms with Gasteiger partial charge in [0.1, 0.15) is 0 Å². The van der Waals surface area contributed by atoms with Gasteiger partial charge in [-0.1, -0.05) is 20.8 Å².